The number of hydrogen-bond donors (Lipinski definition) is 4. The molecule has 1 rings (SSSR count). The molecule has 4 N–H and O–H groups in total. The van der Waals surface area contributed by atoms with Crippen LogP contribution in [-0.4, -0.2) is 47.3 Å². The summed E-state index contributed by atoms with van der Waals surface area (Å²) in [5.74, 6) is -0.114. The average molecular weight is 409 g/mol. The monoisotopic (exact) mass is 408 g/mol. The van der Waals surface area contributed by atoms with Crippen LogP contribution in [0.15, 0.2) is 24.3 Å². The lowest BCUT2D eigenvalue weighted by Gasteiger charge is -2.13. The Morgan fingerprint density at radius 2 is 1.10 bits per heavy atom. The Balaban J connectivity index is 2.10. The van der Waals surface area contributed by atoms with E-state index in [1.54, 1.807) is 12.2 Å². The van der Waals surface area contributed by atoms with Crippen LogP contribution in [-0.2, 0) is 9.59 Å². The van der Waals surface area contributed by atoms with Crippen LogP contribution in [0.3, 0.4) is 0 Å². The molecule has 0 aromatic heterocycles. The van der Waals surface area contributed by atoms with Crippen molar-refractivity contribution in [2.75, 3.05) is 13.2 Å². The smallest absolute Gasteiger partial charge is 0.243 e. The van der Waals surface area contributed by atoms with E-state index in [1.165, 1.54) is 0 Å². The van der Waals surface area contributed by atoms with E-state index in [0.717, 1.165) is 83.5 Å². The summed E-state index contributed by atoms with van der Waals surface area (Å²) in [6, 6.07) is 0.245. The Bertz CT molecular complexity index is 461. The lowest BCUT2D eigenvalue weighted by molar-refractivity contribution is -0.117. The lowest BCUT2D eigenvalue weighted by Crippen LogP contribution is -2.36. The summed E-state index contributed by atoms with van der Waals surface area (Å²) < 4.78 is 0. The van der Waals surface area contributed by atoms with Gasteiger partial charge in [0, 0.05) is 25.3 Å². The predicted octanol–water partition coefficient (Wildman–Crippen LogP) is 3.14. The van der Waals surface area contributed by atoms with Crippen LogP contribution in [0.5, 0.6) is 0 Å². The molecule has 0 aromatic rings. The van der Waals surface area contributed by atoms with Crippen molar-refractivity contribution in [3.8, 4) is 0 Å². The molecule has 166 valence electrons. The van der Waals surface area contributed by atoms with Crippen LogP contribution in [0.2, 0.25) is 0 Å². The molecule has 6 heteroatoms. The fourth-order valence-corrected chi connectivity index (χ4v) is 3.58. The van der Waals surface area contributed by atoms with Gasteiger partial charge >= 0.3 is 0 Å². The first-order valence-electron chi connectivity index (χ1n) is 11.3. The maximum Gasteiger partial charge on any atom is 0.243 e. The maximum atomic E-state index is 12.0. The zero-order valence-electron chi connectivity index (χ0n) is 17.8. The molecule has 0 bridgehead atoms. The summed E-state index contributed by atoms with van der Waals surface area (Å²) in [5.41, 5.74) is 0. The summed E-state index contributed by atoms with van der Waals surface area (Å²) in [6.07, 6.45) is 19.4. The number of nitrogens with one attached hydrogen (secondary N) is 2. The number of rotatable bonds is 16. The number of unbranched alkanes of at least 4 members (excludes halogenated alkanes) is 8. The molecule has 0 radical (unpaired) electrons. The molecule has 0 spiro atoms. The largest absolute Gasteiger partial charge is 0.396 e. The highest BCUT2D eigenvalue weighted by Crippen LogP contribution is 2.19. The van der Waals surface area contributed by atoms with Gasteiger partial charge in [-0.05, 0) is 69.9 Å². The van der Waals surface area contributed by atoms with E-state index in [1.807, 2.05) is 12.2 Å². The summed E-state index contributed by atoms with van der Waals surface area (Å²) in [4.78, 5) is 24.0. The third-order valence-corrected chi connectivity index (χ3v) is 5.22. The number of aliphatic hydroxyl groups excluding tert-OH is 2. The fourth-order valence-electron chi connectivity index (χ4n) is 3.58. The number of hydrogen-bond acceptors (Lipinski definition) is 4. The van der Waals surface area contributed by atoms with E-state index in [9.17, 15) is 9.59 Å². The van der Waals surface area contributed by atoms with E-state index in [4.69, 9.17) is 10.2 Å². The Morgan fingerprint density at radius 3 is 1.52 bits per heavy atom. The zero-order valence-corrected chi connectivity index (χ0v) is 17.8. The first kappa shape index (κ1) is 25.4. The molecule has 1 saturated carbocycles. The number of aliphatic hydroxyl groups is 2. The minimum atomic E-state index is -0.0570. The number of amides is 2. The number of carbonyl (C=O) groups is 2. The van der Waals surface area contributed by atoms with Crippen LogP contribution >= 0.6 is 0 Å². The Morgan fingerprint density at radius 1 is 0.690 bits per heavy atom. The first-order chi connectivity index (χ1) is 14.2. The van der Waals surface area contributed by atoms with Crippen molar-refractivity contribution >= 4 is 11.8 Å². The molecular formula is C23H40N2O4. The minimum absolute atomic E-state index is 0.0570. The quantitative estimate of drug-likeness (QED) is 0.233. The highest BCUT2D eigenvalue weighted by molar-refractivity contribution is 5.88. The highest BCUT2D eigenvalue weighted by Gasteiger charge is 2.26. The SMILES string of the molecule is O=C(C=CCCCCCCO)N[C@@H]1CC[C@H](NC(=O)C=CCCCCCCO)C1. The molecule has 0 heterocycles. The van der Waals surface area contributed by atoms with Gasteiger partial charge in [0.1, 0.15) is 0 Å². The average Bonchev–Trinajstić information content (AvgIpc) is 3.13. The van der Waals surface area contributed by atoms with Crippen molar-refractivity contribution in [3.63, 3.8) is 0 Å². The Kier molecular flexibility index (Phi) is 15.1. The molecule has 0 saturated heterocycles. The normalized spacial score (nSPS) is 19.2. The fraction of sp³-hybridized carbons (Fsp3) is 0.739. The summed E-state index contributed by atoms with van der Waals surface area (Å²) in [5, 5.41) is 23.5. The van der Waals surface area contributed by atoms with Crippen LogP contribution in [0.4, 0.5) is 0 Å². The third kappa shape index (κ3) is 14.0. The van der Waals surface area contributed by atoms with E-state index < -0.39 is 0 Å². The van der Waals surface area contributed by atoms with Crippen molar-refractivity contribution in [2.24, 2.45) is 0 Å². The van der Waals surface area contributed by atoms with Crippen molar-refractivity contribution in [1.29, 1.82) is 0 Å². The van der Waals surface area contributed by atoms with Crippen molar-refractivity contribution < 1.29 is 19.8 Å². The van der Waals surface area contributed by atoms with Gasteiger partial charge in [-0.15, -0.1) is 0 Å². The molecule has 0 unspecified atom stereocenters. The topological polar surface area (TPSA) is 98.7 Å². The van der Waals surface area contributed by atoms with Gasteiger partial charge in [0.15, 0.2) is 0 Å². The molecule has 29 heavy (non-hydrogen) atoms. The molecule has 6 nitrogen and oxygen atoms in total. The van der Waals surface area contributed by atoms with Gasteiger partial charge in [-0.3, -0.25) is 9.59 Å². The van der Waals surface area contributed by atoms with Gasteiger partial charge in [0.2, 0.25) is 11.8 Å². The van der Waals surface area contributed by atoms with E-state index >= 15 is 0 Å². The van der Waals surface area contributed by atoms with Gasteiger partial charge in [-0.1, -0.05) is 37.8 Å². The molecule has 0 aromatic carbocycles. The molecule has 0 aliphatic heterocycles. The number of allylic oxidation sites excluding steroid dienone is 2. The Labute approximate surface area is 175 Å². The minimum Gasteiger partial charge on any atom is -0.396 e. The van der Waals surface area contributed by atoms with Crippen molar-refractivity contribution in [1.82, 2.24) is 10.6 Å². The molecule has 2 amide bonds. The standard InChI is InChI=1S/C23H40N2O4/c26-17-11-7-3-1-5-9-13-22(28)24-20-15-16-21(19-20)25-23(29)14-10-6-2-4-8-12-18-27/h9-10,13-14,20-21,26-27H,1-8,11-12,15-19H2,(H,24,28)(H,25,29)/t20-,21+. The predicted molar refractivity (Wildman–Crippen MR) is 116 cm³/mol. The zero-order chi connectivity index (χ0) is 21.2. The molecule has 1 aliphatic rings. The van der Waals surface area contributed by atoms with Gasteiger partial charge in [0.25, 0.3) is 0 Å². The van der Waals surface area contributed by atoms with Crippen molar-refractivity contribution in [2.45, 2.75) is 95.6 Å². The van der Waals surface area contributed by atoms with Gasteiger partial charge in [0.05, 0.1) is 0 Å². The van der Waals surface area contributed by atoms with E-state index in [2.05, 4.69) is 10.6 Å². The maximum absolute atomic E-state index is 12.0. The van der Waals surface area contributed by atoms with Gasteiger partial charge < -0.3 is 20.8 Å². The van der Waals surface area contributed by atoms with Gasteiger partial charge in [-0.2, -0.15) is 0 Å². The summed E-state index contributed by atoms with van der Waals surface area (Å²) in [7, 11) is 0. The first-order valence-corrected chi connectivity index (χ1v) is 11.3. The second-order valence-corrected chi connectivity index (χ2v) is 7.88. The van der Waals surface area contributed by atoms with Crippen LogP contribution in [0.1, 0.15) is 83.5 Å². The molecular weight excluding hydrogens is 368 g/mol. The van der Waals surface area contributed by atoms with Crippen LogP contribution < -0.4 is 10.6 Å². The van der Waals surface area contributed by atoms with Crippen LogP contribution in [0, 0.1) is 0 Å². The van der Waals surface area contributed by atoms with E-state index in [-0.39, 0.29) is 37.1 Å². The third-order valence-electron chi connectivity index (χ3n) is 5.22. The van der Waals surface area contributed by atoms with Crippen LogP contribution in [0.25, 0.3) is 0 Å². The Hall–Kier alpha value is -1.66. The summed E-state index contributed by atoms with van der Waals surface area (Å²) >= 11 is 0. The second-order valence-electron chi connectivity index (χ2n) is 7.88. The molecule has 1 aliphatic carbocycles. The van der Waals surface area contributed by atoms with Crippen molar-refractivity contribution in [3.05, 3.63) is 24.3 Å². The molecule has 2 atom stereocenters. The van der Waals surface area contributed by atoms with Gasteiger partial charge in [-0.25, -0.2) is 0 Å². The summed E-state index contributed by atoms with van der Waals surface area (Å²) in [6.45, 7) is 0.507. The highest BCUT2D eigenvalue weighted by atomic mass is 16.3. The van der Waals surface area contributed by atoms with E-state index in [0.29, 0.717) is 0 Å². The lowest BCUT2D eigenvalue weighted by atomic mass is 10.1. The second kappa shape index (κ2) is 17.2. The number of carbonyl (C=O) groups excluding carboxylic acids is 2. The molecule has 1 fully saturated rings.